The minimum absolute atomic E-state index is 0.106. The van der Waals surface area contributed by atoms with Crippen molar-refractivity contribution in [1.29, 1.82) is 0 Å². The Morgan fingerprint density at radius 3 is 2.60 bits per heavy atom. The molecule has 0 radical (unpaired) electrons. The molecule has 5 nitrogen and oxygen atoms in total. The molecule has 3 aromatic carbocycles. The fourth-order valence-electron chi connectivity index (χ4n) is 4.81. The minimum atomic E-state index is -0.625. The van der Waals surface area contributed by atoms with Crippen molar-refractivity contribution < 1.29 is 18.7 Å². The summed E-state index contributed by atoms with van der Waals surface area (Å²) in [4.78, 5) is 25.9. The summed E-state index contributed by atoms with van der Waals surface area (Å²) in [5.74, 6) is -1.89. The lowest BCUT2D eigenvalue weighted by molar-refractivity contribution is 0.0600. The molecule has 0 bridgehead atoms. The van der Waals surface area contributed by atoms with E-state index in [1.807, 2.05) is 42.5 Å². The van der Waals surface area contributed by atoms with Crippen LogP contribution in [0.15, 0.2) is 66.7 Å². The molecule has 1 unspecified atom stereocenters. The minimum Gasteiger partial charge on any atom is -0.465 e. The topological polar surface area (TPSA) is 72.0 Å². The van der Waals surface area contributed by atoms with Gasteiger partial charge >= 0.3 is 5.97 Å². The summed E-state index contributed by atoms with van der Waals surface area (Å²) in [7, 11) is 1.24. The van der Waals surface area contributed by atoms with Gasteiger partial charge in [0.15, 0.2) is 5.78 Å². The van der Waals surface area contributed by atoms with Gasteiger partial charge in [0, 0.05) is 22.4 Å². The fourth-order valence-corrected chi connectivity index (χ4v) is 5.07. The van der Waals surface area contributed by atoms with Crippen molar-refractivity contribution in [2.24, 2.45) is 0 Å². The number of H-pyrrole nitrogens is 1. The zero-order valence-electron chi connectivity index (χ0n) is 19.0. The molecule has 4 aromatic rings. The van der Waals surface area contributed by atoms with E-state index in [1.165, 1.54) is 19.2 Å². The number of rotatable bonds is 5. The summed E-state index contributed by atoms with van der Waals surface area (Å²) in [6.45, 7) is 0. The number of methoxy groups -OCH3 is 1. The first kappa shape index (κ1) is 23.0. The van der Waals surface area contributed by atoms with Crippen LogP contribution < -0.4 is 0 Å². The van der Waals surface area contributed by atoms with Crippen LogP contribution in [0.3, 0.4) is 0 Å². The van der Waals surface area contributed by atoms with Crippen LogP contribution in [0.1, 0.15) is 50.7 Å². The van der Waals surface area contributed by atoms with Crippen molar-refractivity contribution in [1.82, 2.24) is 10.2 Å². The average molecular weight is 489 g/mol. The molecule has 5 rings (SSSR count). The molecule has 7 heteroatoms. The Bertz CT molecular complexity index is 1430. The number of hydrogen-bond acceptors (Lipinski definition) is 4. The summed E-state index contributed by atoms with van der Waals surface area (Å²) in [6.07, 6.45) is 2.10. The molecule has 1 aliphatic rings. The highest BCUT2D eigenvalue weighted by atomic mass is 35.5. The number of nitrogens with one attached hydrogen (secondary N) is 1. The third-order valence-electron chi connectivity index (χ3n) is 6.46. The van der Waals surface area contributed by atoms with Gasteiger partial charge in [-0.2, -0.15) is 5.10 Å². The Morgan fingerprint density at radius 2 is 1.86 bits per heavy atom. The fraction of sp³-hybridized carbons (Fsp3) is 0.179. The maximum Gasteiger partial charge on any atom is 0.337 e. The summed E-state index contributed by atoms with van der Waals surface area (Å²) in [5.41, 5.74) is 4.30. The highest BCUT2D eigenvalue weighted by molar-refractivity contribution is 6.35. The van der Waals surface area contributed by atoms with E-state index < -0.39 is 17.7 Å². The van der Waals surface area contributed by atoms with Gasteiger partial charge in [0.2, 0.25) is 0 Å². The van der Waals surface area contributed by atoms with Crippen LogP contribution in [0, 0.1) is 5.82 Å². The normalized spacial score (nSPS) is 14.9. The lowest BCUT2D eigenvalue weighted by Gasteiger charge is -2.24. The molecule has 35 heavy (non-hydrogen) atoms. The quantitative estimate of drug-likeness (QED) is 0.253. The molecule has 0 saturated heterocycles. The number of hydrogen-bond donors (Lipinski definition) is 1. The molecular formula is C28H22ClFN2O3. The first-order valence-corrected chi connectivity index (χ1v) is 11.7. The van der Waals surface area contributed by atoms with Gasteiger partial charge in [-0.25, -0.2) is 9.18 Å². The van der Waals surface area contributed by atoms with Gasteiger partial charge in [0.1, 0.15) is 5.82 Å². The first-order chi connectivity index (χ1) is 17.0. The summed E-state index contributed by atoms with van der Waals surface area (Å²) in [6, 6.07) is 19.2. The Hall–Kier alpha value is -3.77. The molecule has 1 aromatic heterocycles. The molecule has 0 amide bonds. The van der Waals surface area contributed by atoms with E-state index in [0.717, 1.165) is 29.3 Å². The smallest absolute Gasteiger partial charge is 0.337 e. The second kappa shape index (κ2) is 9.47. The lowest BCUT2D eigenvalue weighted by atomic mass is 9.78. The number of esters is 1. The number of ketones is 1. The van der Waals surface area contributed by atoms with Crippen LogP contribution in [0.5, 0.6) is 0 Å². The van der Waals surface area contributed by atoms with E-state index in [2.05, 4.69) is 14.9 Å². The van der Waals surface area contributed by atoms with Gasteiger partial charge in [0.25, 0.3) is 0 Å². The zero-order valence-corrected chi connectivity index (χ0v) is 19.7. The SMILES string of the molecule is COC(=O)c1ccc(-c2n[nH]c3c2C(C(=O)c2c(Cl)cccc2-c2ccccc2)CCC3)c(F)c1. The van der Waals surface area contributed by atoms with Crippen molar-refractivity contribution in [2.75, 3.05) is 7.11 Å². The van der Waals surface area contributed by atoms with E-state index in [4.69, 9.17) is 11.6 Å². The van der Waals surface area contributed by atoms with E-state index in [1.54, 1.807) is 6.07 Å². The number of nitrogens with zero attached hydrogens (tertiary/aromatic N) is 1. The van der Waals surface area contributed by atoms with Gasteiger partial charge in [-0.15, -0.1) is 0 Å². The molecule has 1 heterocycles. The maximum absolute atomic E-state index is 15.1. The summed E-state index contributed by atoms with van der Waals surface area (Å²) >= 11 is 6.59. The second-order valence-corrected chi connectivity index (χ2v) is 8.90. The second-order valence-electron chi connectivity index (χ2n) is 8.49. The molecule has 1 aliphatic carbocycles. The predicted octanol–water partition coefficient (Wildman–Crippen LogP) is 6.63. The zero-order chi connectivity index (χ0) is 24.5. The van der Waals surface area contributed by atoms with E-state index in [-0.39, 0.29) is 16.9 Å². The van der Waals surface area contributed by atoms with E-state index in [9.17, 15) is 9.59 Å². The third kappa shape index (κ3) is 4.15. The molecule has 1 atom stereocenters. The number of aromatic nitrogens is 2. The van der Waals surface area contributed by atoms with Gasteiger partial charge in [-0.1, -0.05) is 54.1 Å². The number of aryl methyl sites for hydroxylation is 1. The van der Waals surface area contributed by atoms with Crippen LogP contribution in [0.25, 0.3) is 22.4 Å². The van der Waals surface area contributed by atoms with E-state index in [0.29, 0.717) is 34.7 Å². The molecule has 0 fully saturated rings. The monoisotopic (exact) mass is 488 g/mol. The molecule has 0 saturated carbocycles. The van der Waals surface area contributed by atoms with Gasteiger partial charge in [-0.05, 0) is 54.7 Å². The van der Waals surface area contributed by atoms with Crippen molar-refractivity contribution in [3.8, 4) is 22.4 Å². The van der Waals surface area contributed by atoms with Gasteiger partial charge < -0.3 is 4.74 Å². The van der Waals surface area contributed by atoms with Crippen molar-refractivity contribution in [3.63, 3.8) is 0 Å². The standard InChI is InChI=1S/C28H22ClFN2O3/c1-35-28(34)17-13-14-19(22(30)15-17)26-25-20(10-6-12-23(25)31-32-26)27(33)24-18(9-5-11-21(24)29)16-7-3-2-4-8-16/h2-5,7-9,11,13-15,20H,6,10,12H2,1H3,(H,31,32). The molecular weight excluding hydrogens is 467 g/mol. The Morgan fingerprint density at radius 1 is 1.06 bits per heavy atom. The number of aromatic amines is 1. The number of halogens is 2. The molecule has 1 N–H and O–H groups in total. The van der Waals surface area contributed by atoms with Crippen molar-refractivity contribution >= 4 is 23.4 Å². The van der Waals surface area contributed by atoms with Crippen LogP contribution in [-0.4, -0.2) is 29.1 Å². The van der Waals surface area contributed by atoms with Crippen LogP contribution in [0.4, 0.5) is 4.39 Å². The highest BCUT2D eigenvalue weighted by Crippen LogP contribution is 2.42. The lowest BCUT2D eigenvalue weighted by Crippen LogP contribution is -2.20. The number of carbonyl (C=O) groups excluding carboxylic acids is 2. The van der Waals surface area contributed by atoms with Crippen molar-refractivity contribution in [2.45, 2.75) is 25.2 Å². The van der Waals surface area contributed by atoms with Gasteiger partial charge in [0.05, 0.1) is 29.3 Å². The van der Waals surface area contributed by atoms with Crippen LogP contribution >= 0.6 is 11.6 Å². The maximum atomic E-state index is 15.1. The number of benzene rings is 3. The highest BCUT2D eigenvalue weighted by Gasteiger charge is 2.35. The predicted molar refractivity (Wildman–Crippen MR) is 132 cm³/mol. The number of fused-ring (bicyclic) bond motifs is 1. The largest absolute Gasteiger partial charge is 0.465 e. The Labute approximate surface area is 206 Å². The van der Waals surface area contributed by atoms with Crippen LogP contribution in [-0.2, 0) is 11.2 Å². The van der Waals surface area contributed by atoms with Crippen LogP contribution in [0.2, 0.25) is 5.02 Å². The number of carbonyl (C=O) groups is 2. The third-order valence-corrected chi connectivity index (χ3v) is 6.77. The first-order valence-electron chi connectivity index (χ1n) is 11.3. The van der Waals surface area contributed by atoms with Gasteiger partial charge in [-0.3, -0.25) is 9.89 Å². The Balaban J connectivity index is 1.61. The number of Topliss-reactive ketones (excluding diaryl/α,β-unsaturated/α-hetero) is 1. The average Bonchev–Trinajstić information content (AvgIpc) is 3.32. The number of ether oxygens (including phenoxy) is 1. The van der Waals surface area contributed by atoms with Crippen molar-refractivity contribution in [3.05, 3.63) is 100.0 Å². The molecule has 176 valence electrons. The Kier molecular flexibility index (Phi) is 6.22. The van der Waals surface area contributed by atoms with E-state index >= 15 is 4.39 Å². The molecule has 0 aliphatic heterocycles. The summed E-state index contributed by atoms with van der Waals surface area (Å²) in [5, 5.41) is 7.77. The summed E-state index contributed by atoms with van der Waals surface area (Å²) < 4.78 is 19.8. The molecule has 0 spiro atoms.